The number of nitrogens with zero attached hydrogens (tertiary/aromatic N) is 5. The Morgan fingerprint density at radius 3 is 2.61 bits per heavy atom. The van der Waals surface area contributed by atoms with Crippen LogP contribution < -0.4 is 10.2 Å². The van der Waals surface area contributed by atoms with E-state index in [2.05, 4.69) is 63.3 Å². The Hall–Kier alpha value is -2.29. The van der Waals surface area contributed by atoms with Crippen LogP contribution in [0.4, 0.5) is 16.6 Å². The number of piperazine rings is 1. The Balaban J connectivity index is 1.37. The molecule has 2 aromatic heterocycles. The Morgan fingerprint density at radius 1 is 1.07 bits per heavy atom. The molecular weight excluding hydrogens is 388 g/mol. The van der Waals surface area contributed by atoms with Crippen LogP contribution in [0.25, 0.3) is 0 Å². The highest BCUT2D eigenvalue weighted by Crippen LogP contribution is 2.23. The molecule has 1 N–H and O–H groups in total. The van der Waals surface area contributed by atoms with Crippen LogP contribution in [-0.2, 0) is 6.67 Å². The molecule has 6 nitrogen and oxygen atoms in total. The van der Waals surface area contributed by atoms with Gasteiger partial charge >= 0.3 is 0 Å². The highest BCUT2D eigenvalue weighted by atomic mass is 32.1. The van der Waals surface area contributed by atoms with E-state index in [9.17, 15) is 0 Å². The molecule has 1 aliphatic rings. The molecule has 0 amide bonds. The van der Waals surface area contributed by atoms with Crippen molar-refractivity contribution in [2.45, 2.75) is 20.5 Å². The van der Waals surface area contributed by atoms with Crippen molar-refractivity contribution < 1.29 is 0 Å². The highest BCUT2D eigenvalue weighted by Gasteiger charge is 2.19. The van der Waals surface area contributed by atoms with E-state index in [-0.39, 0.29) is 0 Å². The number of hydrogen-bond acceptors (Lipinski definition) is 7. The van der Waals surface area contributed by atoms with E-state index in [0.717, 1.165) is 53.4 Å². The summed E-state index contributed by atoms with van der Waals surface area (Å²) in [6.07, 6.45) is 1.85. The largest absolute Gasteiger partial charge is 0.354 e. The zero-order chi connectivity index (χ0) is 19.5. The zero-order valence-electron chi connectivity index (χ0n) is 16.1. The zero-order valence-corrected chi connectivity index (χ0v) is 17.8. The molecule has 1 aromatic carbocycles. The van der Waals surface area contributed by atoms with Crippen LogP contribution in [0.3, 0.4) is 0 Å². The van der Waals surface area contributed by atoms with Crippen LogP contribution in [0.15, 0.2) is 42.6 Å². The maximum absolute atomic E-state index is 5.54. The minimum absolute atomic E-state index is 0.722. The van der Waals surface area contributed by atoms with Gasteiger partial charge in [0, 0.05) is 38.1 Å². The number of aryl methyl sites for hydroxylation is 2. The van der Waals surface area contributed by atoms with Crippen LogP contribution in [0.1, 0.15) is 11.1 Å². The minimum Gasteiger partial charge on any atom is -0.354 e. The molecule has 0 bridgehead atoms. The number of nitrogens with one attached hydrogen (secondary N) is 1. The molecule has 28 heavy (non-hydrogen) atoms. The van der Waals surface area contributed by atoms with E-state index in [4.69, 9.17) is 12.2 Å². The molecule has 0 aliphatic carbocycles. The summed E-state index contributed by atoms with van der Waals surface area (Å²) in [5.41, 5.74) is 3.59. The van der Waals surface area contributed by atoms with Crippen LogP contribution in [0.2, 0.25) is 0 Å². The molecule has 0 saturated carbocycles. The van der Waals surface area contributed by atoms with Crippen molar-refractivity contribution in [1.82, 2.24) is 19.7 Å². The standard InChI is InChI=1S/C20H24N6S2/c1-15-6-7-17(13-16(15)2)22-19-23-26(20(27)28-19)14-24-9-11-25(12-10-24)18-5-3-4-8-21-18/h3-8,13H,9-12,14H2,1-2H3,(H,22,23). The van der Waals surface area contributed by atoms with E-state index in [1.807, 2.05) is 23.0 Å². The molecule has 1 fully saturated rings. The third-order valence-corrected chi connectivity index (χ3v) is 6.27. The first kappa shape index (κ1) is 19.0. The number of benzene rings is 1. The van der Waals surface area contributed by atoms with Crippen molar-refractivity contribution in [1.29, 1.82) is 0 Å². The Morgan fingerprint density at radius 2 is 1.89 bits per heavy atom. The molecule has 146 valence electrons. The molecule has 3 aromatic rings. The summed E-state index contributed by atoms with van der Waals surface area (Å²) in [5, 5.41) is 8.90. The molecule has 0 radical (unpaired) electrons. The predicted molar refractivity (Wildman–Crippen MR) is 118 cm³/mol. The first-order chi connectivity index (χ1) is 13.6. The topological polar surface area (TPSA) is 49.2 Å². The van der Waals surface area contributed by atoms with Crippen LogP contribution in [0.5, 0.6) is 0 Å². The van der Waals surface area contributed by atoms with Gasteiger partial charge in [0.25, 0.3) is 0 Å². The number of aromatic nitrogens is 3. The molecule has 0 spiro atoms. The number of anilines is 3. The molecule has 3 heterocycles. The van der Waals surface area contributed by atoms with Gasteiger partial charge in [0.15, 0.2) is 3.95 Å². The minimum atomic E-state index is 0.722. The third kappa shape index (κ3) is 4.40. The molecule has 1 aliphatic heterocycles. The summed E-state index contributed by atoms with van der Waals surface area (Å²) in [6.45, 7) is 8.81. The SMILES string of the molecule is Cc1ccc(Nc2nn(CN3CCN(c4ccccn4)CC3)c(=S)s2)cc1C. The Bertz CT molecular complexity index is 989. The molecule has 4 rings (SSSR count). The number of pyridine rings is 1. The first-order valence-corrected chi connectivity index (χ1v) is 10.6. The summed E-state index contributed by atoms with van der Waals surface area (Å²) < 4.78 is 2.71. The molecule has 0 atom stereocenters. The lowest BCUT2D eigenvalue weighted by atomic mass is 10.1. The maximum atomic E-state index is 5.54. The normalized spacial score (nSPS) is 15.0. The van der Waals surface area contributed by atoms with Crippen molar-refractivity contribution in [2.24, 2.45) is 0 Å². The molecule has 8 heteroatoms. The summed E-state index contributed by atoms with van der Waals surface area (Å²) >= 11 is 7.05. The third-order valence-electron chi connectivity index (χ3n) is 5.04. The predicted octanol–water partition coefficient (Wildman–Crippen LogP) is 4.21. The molecule has 0 unspecified atom stereocenters. The average molecular weight is 413 g/mol. The fourth-order valence-electron chi connectivity index (χ4n) is 3.24. The van der Waals surface area contributed by atoms with Gasteiger partial charge in [-0.05, 0) is 61.5 Å². The maximum Gasteiger partial charge on any atom is 0.209 e. The molecule has 1 saturated heterocycles. The summed E-state index contributed by atoms with van der Waals surface area (Å²) in [6, 6.07) is 12.4. The lowest BCUT2D eigenvalue weighted by molar-refractivity contribution is 0.195. The fourth-order valence-corrected chi connectivity index (χ4v) is 4.25. The van der Waals surface area contributed by atoms with E-state index in [0.29, 0.717) is 0 Å². The first-order valence-electron chi connectivity index (χ1n) is 9.39. The van der Waals surface area contributed by atoms with Gasteiger partial charge in [-0.2, -0.15) is 0 Å². The van der Waals surface area contributed by atoms with Gasteiger partial charge in [-0.3, -0.25) is 4.90 Å². The van der Waals surface area contributed by atoms with Gasteiger partial charge in [0.2, 0.25) is 5.13 Å². The van der Waals surface area contributed by atoms with Crippen molar-refractivity contribution in [2.75, 3.05) is 36.4 Å². The van der Waals surface area contributed by atoms with E-state index < -0.39 is 0 Å². The highest BCUT2D eigenvalue weighted by molar-refractivity contribution is 7.73. The quantitative estimate of drug-likeness (QED) is 0.634. The lowest BCUT2D eigenvalue weighted by Gasteiger charge is -2.35. The van der Waals surface area contributed by atoms with Gasteiger partial charge in [-0.15, -0.1) is 5.10 Å². The van der Waals surface area contributed by atoms with E-state index in [1.165, 1.54) is 22.5 Å². The number of rotatable bonds is 5. The summed E-state index contributed by atoms with van der Waals surface area (Å²) in [4.78, 5) is 9.15. The average Bonchev–Trinajstić information content (AvgIpc) is 3.05. The lowest BCUT2D eigenvalue weighted by Crippen LogP contribution is -2.47. The second-order valence-corrected chi connectivity index (χ2v) is 8.65. The van der Waals surface area contributed by atoms with Crippen molar-refractivity contribution in [3.05, 3.63) is 57.7 Å². The fraction of sp³-hybridized carbons (Fsp3) is 0.350. The van der Waals surface area contributed by atoms with Crippen LogP contribution in [-0.4, -0.2) is 45.8 Å². The van der Waals surface area contributed by atoms with Gasteiger partial charge in [0.1, 0.15) is 5.82 Å². The molecular formula is C20H24N6S2. The van der Waals surface area contributed by atoms with Gasteiger partial charge < -0.3 is 10.2 Å². The second kappa shape index (κ2) is 8.38. The van der Waals surface area contributed by atoms with Crippen LogP contribution in [0, 0.1) is 17.8 Å². The Labute approximate surface area is 174 Å². The number of hydrogen-bond donors (Lipinski definition) is 1. The van der Waals surface area contributed by atoms with E-state index in [1.54, 1.807) is 0 Å². The van der Waals surface area contributed by atoms with Gasteiger partial charge in [-0.25, -0.2) is 9.67 Å². The second-order valence-electron chi connectivity index (χ2n) is 7.03. The summed E-state index contributed by atoms with van der Waals surface area (Å²) in [5.74, 6) is 1.05. The van der Waals surface area contributed by atoms with Gasteiger partial charge in [-0.1, -0.05) is 23.5 Å². The van der Waals surface area contributed by atoms with Gasteiger partial charge in [0.05, 0.1) is 6.67 Å². The van der Waals surface area contributed by atoms with Crippen molar-refractivity contribution >= 4 is 40.2 Å². The van der Waals surface area contributed by atoms with Crippen molar-refractivity contribution in [3.8, 4) is 0 Å². The van der Waals surface area contributed by atoms with E-state index >= 15 is 0 Å². The van der Waals surface area contributed by atoms with Crippen molar-refractivity contribution in [3.63, 3.8) is 0 Å². The smallest absolute Gasteiger partial charge is 0.209 e. The summed E-state index contributed by atoms with van der Waals surface area (Å²) in [7, 11) is 0. The Kier molecular flexibility index (Phi) is 5.70. The van der Waals surface area contributed by atoms with Crippen LogP contribution >= 0.6 is 23.6 Å². The monoisotopic (exact) mass is 412 g/mol.